The first-order chi connectivity index (χ1) is 15.4. The Morgan fingerprint density at radius 3 is 2.62 bits per heavy atom. The Balaban J connectivity index is 1.37. The van der Waals surface area contributed by atoms with Crippen molar-refractivity contribution >= 4 is 11.8 Å². The van der Waals surface area contributed by atoms with Gasteiger partial charge in [-0.05, 0) is 62.1 Å². The van der Waals surface area contributed by atoms with Crippen LogP contribution in [0.4, 0.5) is 4.39 Å². The summed E-state index contributed by atoms with van der Waals surface area (Å²) < 4.78 is 18.7. The molecule has 6 nitrogen and oxygen atoms in total. The summed E-state index contributed by atoms with van der Waals surface area (Å²) in [6.07, 6.45) is 1.67. The molecule has 1 fully saturated rings. The minimum atomic E-state index is -0.296. The number of carbonyl (C=O) groups excluding carboxylic acids is 2. The van der Waals surface area contributed by atoms with Crippen LogP contribution in [-0.4, -0.2) is 34.5 Å². The van der Waals surface area contributed by atoms with Crippen molar-refractivity contribution in [2.75, 3.05) is 6.54 Å². The molecule has 4 rings (SSSR count). The van der Waals surface area contributed by atoms with Crippen LogP contribution in [0, 0.1) is 19.7 Å². The summed E-state index contributed by atoms with van der Waals surface area (Å²) in [5.74, 6) is 0.329. The fourth-order valence-electron chi connectivity index (χ4n) is 4.02. The number of aryl methyl sites for hydroxylation is 2. The van der Waals surface area contributed by atoms with Gasteiger partial charge in [-0.2, -0.15) is 0 Å². The lowest BCUT2D eigenvalue weighted by Crippen LogP contribution is -2.36. The number of aromatic nitrogens is 1. The van der Waals surface area contributed by atoms with Crippen molar-refractivity contribution in [1.82, 2.24) is 15.4 Å². The second-order valence-corrected chi connectivity index (χ2v) is 8.20. The Morgan fingerprint density at radius 2 is 1.94 bits per heavy atom. The van der Waals surface area contributed by atoms with E-state index in [1.807, 2.05) is 36.9 Å². The molecule has 3 aromatic rings. The van der Waals surface area contributed by atoms with Gasteiger partial charge in [-0.1, -0.05) is 29.4 Å². The van der Waals surface area contributed by atoms with E-state index in [1.54, 1.807) is 18.2 Å². The van der Waals surface area contributed by atoms with Crippen molar-refractivity contribution in [1.29, 1.82) is 0 Å². The minimum absolute atomic E-state index is 0.0706. The topological polar surface area (TPSA) is 75.4 Å². The number of likely N-dealkylation sites (tertiary alicyclic amines) is 1. The van der Waals surface area contributed by atoms with Gasteiger partial charge < -0.3 is 14.7 Å². The first-order valence-electron chi connectivity index (χ1n) is 10.8. The highest BCUT2D eigenvalue weighted by Gasteiger charge is 2.25. The zero-order chi connectivity index (χ0) is 22.7. The van der Waals surface area contributed by atoms with E-state index in [2.05, 4.69) is 10.5 Å². The summed E-state index contributed by atoms with van der Waals surface area (Å²) in [5.41, 5.74) is 3.88. The van der Waals surface area contributed by atoms with E-state index in [0.717, 1.165) is 28.1 Å². The molecule has 2 amide bonds. The number of hydrogen-bond donors (Lipinski definition) is 1. The van der Waals surface area contributed by atoms with Crippen molar-refractivity contribution < 1.29 is 18.5 Å². The summed E-state index contributed by atoms with van der Waals surface area (Å²) in [4.78, 5) is 27.2. The largest absolute Gasteiger partial charge is 0.361 e. The molecule has 1 aliphatic heterocycles. The Hall–Kier alpha value is -3.48. The molecular weight excluding hydrogens is 409 g/mol. The first-order valence-corrected chi connectivity index (χ1v) is 10.8. The van der Waals surface area contributed by atoms with Gasteiger partial charge in [0.1, 0.15) is 11.6 Å². The molecule has 1 aromatic heterocycles. The molecule has 1 aliphatic rings. The minimum Gasteiger partial charge on any atom is -0.361 e. The number of nitrogens with zero attached hydrogens (tertiary/aromatic N) is 2. The third-order valence-electron chi connectivity index (χ3n) is 5.98. The van der Waals surface area contributed by atoms with Gasteiger partial charge in [-0.25, -0.2) is 4.39 Å². The van der Waals surface area contributed by atoms with Gasteiger partial charge in [0.2, 0.25) is 5.91 Å². The van der Waals surface area contributed by atoms with E-state index in [4.69, 9.17) is 4.52 Å². The van der Waals surface area contributed by atoms with Crippen LogP contribution in [-0.2, 0) is 11.3 Å². The molecule has 0 radical (unpaired) electrons. The van der Waals surface area contributed by atoms with Crippen molar-refractivity contribution in [2.45, 2.75) is 45.7 Å². The average Bonchev–Trinajstić information content (AvgIpc) is 3.00. The van der Waals surface area contributed by atoms with Gasteiger partial charge in [0.15, 0.2) is 0 Å². The van der Waals surface area contributed by atoms with Crippen LogP contribution in [0.15, 0.2) is 53.1 Å². The highest BCUT2D eigenvalue weighted by atomic mass is 19.1. The van der Waals surface area contributed by atoms with E-state index < -0.39 is 0 Å². The standard InChI is InChI=1S/C25H26FN3O3/c1-16-23(17(2)32-28-16)15-29-13-12-22(10-11-24(29)30)27-25(31)19-8-6-18(7-9-19)20-4-3-5-21(26)14-20/h3-9,14,22H,10-13,15H2,1-2H3,(H,27,31). The lowest BCUT2D eigenvalue weighted by Gasteiger charge is -2.21. The summed E-state index contributed by atoms with van der Waals surface area (Å²) in [6, 6.07) is 13.4. The quantitative estimate of drug-likeness (QED) is 0.644. The van der Waals surface area contributed by atoms with E-state index in [0.29, 0.717) is 37.9 Å². The normalized spacial score (nSPS) is 16.7. The van der Waals surface area contributed by atoms with E-state index >= 15 is 0 Å². The molecule has 1 atom stereocenters. The fraction of sp³-hybridized carbons (Fsp3) is 0.320. The maximum Gasteiger partial charge on any atom is 0.251 e. The summed E-state index contributed by atoms with van der Waals surface area (Å²) in [6.45, 7) is 4.76. The number of rotatable bonds is 5. The summed E-state index contributed by atoms with van der Waals surface area (Å²) in [7, 11) is 0. The van der Waals surface area contributed by atoms with Gasteiger partial charge in [-0.3, -0.25) is 9.59 Å². The molecule has 1 saturated heterocycles. The average molecular weight is 435 g/mol. The molecular formula is C25H26FN3O3. The molecule has 166 valence electrons. The smallest absolute Gasteiger partial charge is 0.251 e. The third kappa shape index (κ3) is 4.88. The monoisotopic (exact) mass is 435 g/mol. The lowest BCUT2D eigenvalue weighted by molar-refractivity contribution is -0.131. The van der Waals surface area contributed by atoms with E-state index in [1.165, 1.54) is 12.1 Å². The second kappa shape index (κ2) is 9.34. The van der Waals surface area contributed by atoms with Gasteiger partial charge in [0.05, 0.1) is 12.2 Å². The SMILES string of the molecule is Cc1noc(C)c1CN1CCC(NC(=O)c2ccc(-c3cccc(F)c3)cc2)CCC1=O. The molecule has 7 heteroatoms. The summed E-state index contributed by atoms with van der Waals surface area (Å²) in [5, 5.41) is 7.02. The third-order valence-corrected chi connectivity index (χ3v) is 5.98. The van der Waals surface area contributed by atoms with Crippen LogP contribution in [0.25, 0.3) is 11.1 Å². The number of halogens is 1. The number of nitrogens with one attached hydrogen (secondary N) is 1. The van der Waals surface area contributed by atoms with Crippen LogP contribution in [0.1, 0.15) is 46.6 Å². The Morgan fingerprint density at radius 1 is 1.16 bits per heavy atom. The predicted octanol–water partition coefficient (Wildman–Crippen LogP) is 4.41. The van der Waals surface area contributed by atoms with Gasteiger partial charge in [-0.15, -0.1) is 0 Å². The molecule has 0 aliphatic carbocycles. The van der Waals surface area contributed by atoms with Crippen molar-refractivity contribution in [2.24, 2.45) is 0 Å². The highest BCUT2D eigenvalue weighted by Crippen LogP contribution is 2.22. The predicted molar refractivity (Wildman–Crippen MR) is 118 cm³/mol. The Labute approximate surface area is 186 Å². The van der Waals surface area contributed by atoms with Crippen molar-refractivity contribution in [3.63, 3.8) is 0 Å². The Bertz CT molecular complexity index is 1100. The number of carbonyl (C=O) groups is 2. The van der Waals surface area contributed by atoms with Crippen LogP contribution < -0.4 is 5.32 Å². The highest BCUT2D eigenvalue weighted by molar-refractivity contribution is 5.95. The molecule has 2 aromatic carbocycles. The second-order valence-electron chi connectivity index (χ2n) is 8.20. The van der Waals surface area contributed by atoms with Crippen LogP contribution >= 0.6 is 0 Å². The molecule has 1 unspecified atom stereocenters. The number of amides is 2. The van der Waals surface area contributed by atoms with Crippen LogP contribution in [0.3, 0.4) is 0 Å². The lowest BCUT2D eigenvalue weighted by atomic mass is 10.0. The molecule has 2 heterocycles. The van der Waals surface area contributed by atoms with Gasteiger partial charge in [0.25, 0.3) is 5.91 Å². The number of benzene rings is 2. The molecule has 32 heavy (non-hydrogen) atoms. The Kier molecular flexibility index (Phi) is 6.35. The van der Waals surface area contributed by atoms with Gasteiger partial charge in [0, 0.05) is 30.1 Å². The van der Waals surface area contributed by atoms with Crippen molar-refractivity contribution in [3.8, 4) is 11.1 Å². The first kappa shape index (κ1) is 21.7. The zero-order valence-corrected chi connectivity index (χ0v) is 18.2. The fourth-order valence-corrected chi connectivity index (χ4v) is 4.02. The van der Waals surface area contributed by atoms with Gasteiger partial charge >= 0.3 is 0 Å². The van der Waals surface area contributed by atoms with E-state index in [9.17, 15) is 14.0 Å². The molecule has 1 N–H and O–H groups in total. The van der Waals surface area contributed by atoms with Crippen LogP contribution in [0.2, 0.25) is 0 Å². The van der Waals surface area contributed by atoms with Crippen molar-refractivity contribution in [3.05, 3.63) is 76.9 Å². The number of hydrogen-bond acceptors (Lipinski definition) is 4. The van der Waals surface area contributed by atoms with Crippen LogP contribution in [0.5, 0.6) is 0 Å². The maximum atomic E-state index is 13.5. The molecule has 0 spiro atoms. The summed E-state index contributed by atoms with van der Waals surface area (Å²) >= 11 is 0. The zero-order valence-electron chi connectivity index (χ0n) is 18.2. The van der Waals surface area contributed by atoms with E-state index in [-0.39, 0.29) is 23.7 Å². The molecule has 0 bridgehead atoms. The molecule has 0 saturated carbocycles. The maximum absolute atomic E-state index is 13.5.